The van der Waals surface area contributed by atoms with Crippen LogP contribution in [0.1, 0.15) is 15.9 Å². The van der Waals surface area contributed by atoms with E-state index in [0.29, 0.717) is 4.90 Å². The molecule has 0 aliphatic carbocycles. The van der Waals surface area contributed by atoms with E-state index in [9.17, 15) is 13.6 Å². The second-order valence-corrected chi connectivity index (χ2v) is 5.76. The summed E-state index contributed by atoms with van der Waals surface area (Å²) in [6.07, 6.45) is 0. The van der Waals surface area contributed by atoms with Crippen LogP contribution in [0, 0.1) is 0 Å². The van der Waals surface area contributed by atoms with Crippen LogP contribution in [0.3, 0.4) is 0 Å². The highest BCUT2D eigenvalue weighted by Gasteiger charge is 2.31. The maximum Gasteiger partial charge on any atom is 0.337 e. The molecular weight excluding hydrogens is 318 g/mol. The number of benzene rings is 2. The van der Waals surface area contributed by atoms with Crippen LogP contribution in [0.25, 0.3) is 0 Å². The second-order valence-electron chi connectivity index (χ2n) is 4.31. The number of thioether (sulfide) groups is 1. The molecule has 0 fully saturated rings. The Morgan fingerprint density at radius 1 is 1.19 bits per heavy atom. The number of hydrogen-bond donors (Lipinski definition) is 1. The summed E-state index contributed by atoms with van der Waals surface area (Å²) in [7, 11) is 0. The molecule has 0 bridgehead atoms. The van der Waals surface area contributed by atoms with Crippen LogP contribution in [0.4, 0.5) is 8.78 Å². The summed E-state index contributed by atoms with van der Waals surface area (Å²) in [5, 5.41) is 9.04. The number of carbonyl (C=O) groups is 1. The summed E-state index contributed by atoms with van der Waals surface area (Å²) in [6.45, 7) is 0. The number of aromatic carboxylic acids is 1. The summed E-state index contributed by atoms with van der Waals surface area (Å²) in [4.78, 5) is 11.4. The molecule has 0 heterocycles. The van der Waals surface area contributed by atoms with Crippen molar-refractivity contribution in [1.29, 1.82) is 0 Å². The third-order valence-electron chi connectivity index (χ3n) is 2.78. The van der Waals surface area contributed by atoms with E-state index in [1.165, 1.54) is 30.3 Å². The van der Waals surface area contributed by atoms with E-state index in [4.69, 9.17) is 16.7 Å². The molecule has 0 unspecified atom stereocenters. The van der Waals surface area contributed by atoms with Crippen molar-refractivity contribution < 1.29 is 18.7 Å². The Labute approximate surface area is 129 Å². The van der Waals surface area contributed by atoms with Gasteiger partial charge in [-0.3, -0.25) is 0 Å². The first-order valence-corrected chi connectivity index (χ1v) is 7.35. The van der Waals surface area contributed by atoms with Crippen molar-refractivity contribution in [3.8, 4) is 0 Å². The first-order valence-electron chi connectivity index (χ1n) is 5.99. The molecule has 2 aromatic rings. The van der Waals surface area contributed by atoms with Gasteiger partial charge >= 0.3 is 5.97 Å². The highest BCUT2D eigenvalue weighted by molar-refractivity contribution is 7.99. The monoisotopic (exact) mass is 328 g/mol. The molecule has 2 nitrogen and oxygen atoms in total. The fraction of sp³-hybridized carbons (Fsp3) is 0.133. The number of rotatable bonds is 5. The molecule has 0 radical (unpaired) electrons. The minimum absolute atomic E-state index is 0.0649. The van der Waals surface area contributed by atoms with Crippen LogP contribution in [0.15, 0.2) is 53.4 Å². The fourth-order valence-electron chi connectivity index (χ4n) is 1.70. The molecule has 6 heteroatoms. The Balaban J connectivity index is 2.13. The van der Waals surface area contributed by atoms with Gasteiger partial charge in [0.15, 0.2) is 0 Å². The predicted molar refractivity (Wildman–Crippen MR) is 79.5 cm³/mol. The van der Waals surface area contributed by atoms with Crippen LogP contribution in [0.2, 0.25) is 5.02 Å². The van der Waals surface area contributed by atoms with E-state index >= 15 is 0 Å². The molecule has 0 amide bonds. The molecule has 1 N–H and O–H groups in total. The topological polar surface area (TPSA) is 37.3 Å². The summed E-state index contributed by atoms with van der Waals surface area (Å²) >= 11 is 6.63. The van der Waals surface area contributed by atoms with Crippen molar-refractivity contribution in [1.82, 2.24) is 0 Å². The molecule has 0 saturated heterocycles. The van der Waals surface area contributed by atoms with E-state index < -0.39 is 17.6 Å². The number of alkyl halides is 2. The highest BCUT2D eigenvalue weighted by atomic mass is 35.5. The molecule has 2 rings (SSSR count). The summed E-state index contributed by atoms with van der Waals surface area (Å²) in [5.74, 6) is -4.65. The first kappa shape index (κ1) is 15.8. The minimum atomic E-state index is -2.99. The standard InChI is InChI=1S/C15H11ClF2O2S/c16-13-7-6-11(8-12(13)14(19)20)21-9-15(17,18)10-4-2-1-3-5-10/h1-8H,9H2,(H,19,20). The van der Waals surface area contributed by atoms with Gasteiger partial charge in [-0.2, -0.15) is 0 Å². The average Bonchev–Trinajstić information content (AvgIpc) is 2.47. The molecule has 0 atom stereocenters. The van der Waals surface area contributed by atoms with E-state index in [0.717, 1.165) is 11.8 Å². The van der Waals surface area contributed by atoms with Crippen LogP contribution in [-0.2, 0) is 5.92 Å². The van der Waals surface area contributed by atoms with Crippen molar-refractivity contribution in [2.45, 2.75) is 10.8 Å². The summed E-state index contributed by atoms with van der Waals surface area (Å²) in [5.41, 5.74) is -0.158. The number of carboxylic acid groups (broad SMARTS) is 1. The van der Waals surface area contributed by atoms with Gasteiger partial charge in [-0.25, -0.2) is 13.6 Å². The average molecular weight is 329 g/mol. The van der Waals surface area contributed by atoms with Gasteiger partial charge in [0.2, 0.25) is 0 Å². The molecule has 110 valence electrons. The van der Waals surface area contributed by atoms with Crippen molar-refractivity contribution in [3.63, 3.8) is 0 Å². The van der Waals surface area contributed by atoms with Gasteiger partial charge in [-0.05, 0) is 18.2 Å². The SMILES string of the molecule is O=C(O)c1cc(SCC(F)(F)c2ccccc2)ccc1Cl. The molecule has 0 spiro atoms. The lowest BCUT2D eigenvalue weighted by Crippen LogP contribution is -2.16. The smallest absolute Gasteiger partial charge is 0.337 e. The quantitative estimate of drug-likeness (QED) is 0.791. The number of hydrogen-bond acceptors (Lipinski definition) is 2. The Morgan fingerprint density at radius 2 is 1.86 bits per heavy atom. The highest BCUT2D eigenvalue weighted by Crippen LogP contribution is 2.35. The minimum Gasteiger partial charge on any atom is -0.478 e. The Bertz CT molecular complexity index is 647. The van der Waals surface area contributed by atoms with Gasteiger partial charge in [-0.1, -0.05) is 41.9 Å². The molecule has 0 saturated carbocycles. The van der Waals surface area contributed by atoms with Gasteiger partial charge < -0.3 is 5.11 Å². The second kappa shape index (κ2) is 6.45. The molecule has 2 aromatic carbocycles. The van der Waals surface area contributed by atoms with E-state index in [1.807, 2.05) is 0 Å². The number of halogens is 3. The van der Waals surface area contributed by atoms with Crippen LogP contribution in [0.5, 0.6) is 0 Å². The maximum atomic E-state index is 14.0. The van der Waals surface area contributed by atoms with Crippen molar-refractivity contribution in [3.05, 3.63) is 64.7 Å². The Morgan fingerprint density at radius 3 is 2.48 bits per heavy atom. The van der Waals surface area contributed by atoms with Gasteiger partial charge in [0.1, 0.15) is 0 Å². The zero-order chi connectivity index (χ0) is 15.5. The van der Waals surface area contributed by atoms with E-state index in [2.05, 4.69) is 0 Å². The third kappa shape index (κ3) is 3.95. The zero-order valence-electron chi connectivity index (χ0n) is 10.7. The third-order valence-corrected chi connectivity index (χ3v) is 4.21. The van der Waals surface area contributed by atoms with Crippen LogP contribution < -0.4 is 0 Å². The number of carboxylic acids is 1. The van der Waals surface area contributed by atoms with E-state index in [1.54, 1.807) is 18.2 Å². The van der Waals surface area contributed by atoms with Gasteiger partial charge in [0.25, 0.3) is 5.92 Å². The fourth-order valence-corrected chi connectivity index (χ4v) is 2.78. The largest absolute Gasteiger partial charge is 0.478 e. The maximum absolute atomic E-state index is 14.0. The van der Waals surface area contributed by atoms with Crippen LogP contribution >= 0.6 is 23.4 Å². The van der Waals surface area contributed by atoms with Crippen molar-refractivity contribution >= 4 is 29.3 Å². The van der Waals surface area contributed by atoms with Crippen molar-refractivity contribution in [2.75, 3.05) is 5.75 Å². The van der Waals surface area contributed by atoms with Gasteiger partial charge in [-0.15, -0.1) is 11.8 Å². The molecule has 21 heavy (non-hydrogen) atoms. The van der Waals surface area contributed by atoms with Gasteiger partial charge in [0.05, 0.1) is 16.3 Å². The summed E-state index contributed by atoms with van der Waals surface area (Å²) in [6, 6.07) is 11.7. The normalized spacial score (nSPS) is 11.4. The predicted octanol–water partition coefficient (Wildman–Crippen LogP) is 4.92. The van der Waals surface area contributed by atoms with E-state index in [-0.39, 0.29) is 16.1 Å². The first-order chi connectivity index (χ1) is 9.90. The Hall–Kier alpha value is -1.59. The molecule has 0 aliphatic rings. The lowest BCUT2D eigenvalue weighted by Gasteiger charge is -2.16. The lowest BCUT2D eigenvalue weighted by molar-refractivity contribution is 0.0231. The molecular formula is C15H11ClF2O2S. The zero-order valence-corrected chi connectivity index (χ0v) is 12.3. The van der Waals surface area contributed by atoms with Crippen LogP contribution in [-0.4, -0.2) is 16.8 Å². The lowest BCUT2D eigenvalue weighted by atomic mass is 10.1. The Kier molecular flexibility index (Phi) is 4.85. The summed E-state index contributed by atoms with van der Waals surface area (Å²) < 4.78 is 28.0. The van der Waals surface area contributed by atoms with Gasteiger partial charge in [0, 0.05) is 10.5 Å². The molecule has 0 aliphatic heterocycles. The van der Waals surface area contributed by atoms with Crippen molar-refractivity contribution in [2.24, 2.45) is 0 Å². The molecule has 0 aromatic heterocycles.